The molecule has 2 N–H and O–H groups in total. The molecular formula is C22H17N3O3S. The fraction of sp³-hybridized carbons (Fsp3) is 0.0455. The zero-order chi connectivity index (χ0) is 20.4. The molecule has 1 heterocycles. The van der Waals surface area contributed by atoms with Gasteiger partial charge >= 0.3 is 0 Å². The number of benzene rings is 3. The van der Waals surface area contributed by atoms with Gasteiger partial charge in [0.2, 0.25) is 0 Å². The number of pyridine rings is 1. The Balaban J connectivity index is 1.80. The fourth-order valence-corrected chi connectivity index (χ4v) is 3.98. The molecule has 0 saturated carbocycles. The predicted octanol–water partition coefficient (Wildman–Crippen LogP) is 5.64. The van der Waals surface area contributed by atoms with Gasteiger partial charge in [-0.3, -0.25) is 14.9 Å². The lowest BCUT2D eigenvalue weighted by Crippen LogP contribution is -2.10. The number of nitro groups is 1. The van der Waals surface area contributed by atoms with E-state index in [0.29, 0.717) is 11.2 Å². The second-order valence-electron chi connectivity index (χ2n) is 6.55. The molecule has 4 aromatic rings. The molecule has 0 amide bonds. The molecule has 0 aliphatic heterocycles. The first-order chi connectivity index (χ1) is 14.0. The van der Waals surface area contributed by atoms with E-state index in [1.165, 1.54) is 23.9 Å². The summed E-state index contributed by atoms with van der Waals surface area (Å²) in [5, 5.41) is 15.6. The Labute approximate surface area is 170 Å². The van der Waals surface area contributed by atoms with E-state index in [4.69, 9.17) is 0 Å². The highest BCUT2D eigenvalue weighted by Crippen LogP contribution is 2.38. The fourth-order valence-electron chi connectivity index (χ4n) is 2.98. The van der Waals surface area contributed by atoms with Crippen LogP contribution < -0.4 is 10.9 Å². The van der Waals surface area contributed by atoms with Crippen LogP contribution in [0.15, 0.2) is 87.4 Å². The number of H-pyrrole nitrogens is 1. The van der Waals surface area contributed by atoms with Crippen LogP contribution in [0, 0.1) is 17.0 Å². The van der Waals surface area contributed by atoms with E-state index >= 15 is 0 Å². The summed E-state index contributed by atoms with van der Waals surface area (Å²) in [7, 11) is 0. The van der Waals surface area contributed by atoms with E-state index in [1.807, 2.05) is 49.4 Å². The first-order valence-electron chi connectivity index (χ1n) is 8.92. The van der Waals surface area contributed by atoms with E-state index in [2.05, 4.69) is 10.3 Å². The van der Waals surface area contributed by atoms with Gasteiger partial charge < -0.3 is 10.3 Å². The number of aryl methyl sites for hydroxylation is 1. The smallest absolute Gasteiger partial charge is 0.269 e. The number of aromatic amines is 1. The molecule has 0 bridgehead atoms. The standard InChI is InChI=1S/C22H17N3O3S/c1-14-6-8-15(9-7-14)23-21-20(18-4-2-3-5-19(18)22(26)24-21)29-17-12-10-16(11-13-17)25(27)28/h2-13H,1H3,(H2,23,24,26). The van der Waals surface area contributed by atoms with Crippen LogP contribution in [0.5, 0.6) is 0 Å². The van der Waals surface area contributed by atoms with Crippen LogP contribution in [0.25, 0.3) is 10.8 Å². The van der Waals surface area contributed by atoms with Crippen molar-refractivity contribution in [1.82, 2.24) is 4.98 Å². The molecule has 1 aromatic heterocycles. The summed E-state index contributed by atoms with van der Waals surface area (Å²) < 4.78 is 0. The Morgan fingerprint density at radius 1 is 0.931 bits per heavy atom. The predicted molar refractivity (Wildman–Crippen MR) is 116 cm³/mol. The average molecular weight is 403 g/mol. The summed E-state index contributed by atoms with van der Waals surface area (Å²) in [5.41, 5.74) is 1.86. The molecule has 4 rings (SSSR count). The molecule has 0 saturated heterocycles. The van der Waals surface area contributed by atoms with Crippen molar-refractivity contribution in [2.24, 2.45) is 0 Å². The number of anilines is 2. The van der Waals surface area contributed by atoms with Gasteiger partial charge in [-0.05, 0) is 37.3 Å². The van der Waals surface area contributed by atoms with Crippen molar-refractivity contribution in [1.29, 1.82) is 0 Å². The van der Waals surface area contributed by atoms with Gasteiger partial charge in [0.15, 0.2) is 0 Å². The van der Waals surface area contributed by atoms with Crippen LogP contribution in [0.3, 0.4) is 0 Å². The average Bonchev–Trinajstić information content (AvgIpc) is 2.73. The summed E-state index contributed by atoms with van der Waals surface area (Å²) >= 11 is 1.44. The highest BCUT2D eigenvalue weighted by Gasteiger charge is 2.14. The van der Waals surface area contributed by atoms with Crippen LogP contribution in [-0.2, 0) is 0 Å². The summed E-state index contributed by atoms with van der Waals surface area (Å²) in [4.78, 5) is 27.7. The third-order valence-electron chi connectivity index (χ3n) is 4.47. The maximum Gasteiger partial charge on any atom is 0.269 e. The molecule has 0 unspecified atom stereocenters. The summed E-state index contributed by atoms with van der Waals surface area (Å²) in [6.45, 7) is 2.01. The zero-order valence-corrected chi connectivity index (χ0v) is 16.3. The van der Waals surface area contributed by atoms with E-state index in [0.717, 1.165) is 26.4 Å². The quantitative estimate of drug-likeness (QED) is 0.333. The Kier molecular flexibility index (Phi) is 5.05. The van der Waals surface area contributed by atoms with Crippen molar-refractivity contribution in [3.05, 3.63) is 98.8 Å². The number of rotatable bonds is 5. The number of nitro benzene ring substituents is 1. The topological polar surface area (TPSA) is 88.0 Å². The van der Waals surface area contributed by atoms with Crippen molar-refractivity contribution in [2.45, 2.75) is 16.7 Å². The minimum atomic E-state index is -0.422. The SMILES string of the molecule is Cc1ccc(Nc2[nH]c(=O)c3ccccc3c2Sc2ccc([N+](=O)[O-])cc2)cc1. The molecule has 0 radical (unpaired) electrons. The lowest BCUT2D eigenvalue weighted by atomic mass is 10.1. The summed E-state index contributed by atoms with van der Waals surface area (Å²) in [6, 6.07) is 21.6. The Bertz CT molecular complexity index is 1250. The van der Waals surface area contributed by atoms with Gasteiger partial charge in [-0.15, -0.1) is 0 Å². The highest BCUT2D eigenvalue weighted by atomic mass is 32.2. The highest BCUT2D eigenvalue weighted by molar-refractivity contribution is 7.99. The minimum absolute atomic E-state index is 0.0404. The number of aromatic nitrogens is 1. The molecule has 3 aromatic carbocycles. The van der Waals surface area contributed by atoms with Crippen molar-refractivity contribution < 1.29 is 4.92 Å². The molecule has 7 heteroatoms. The second kappa shape index (κ2) is 7.81. The van der Waals surface area contributed by atoms with E-state index in [9.17, 15) is 14.9 Å². The molecule has 144 valence electrons. The monoisotopic (exact) mass is 403 g/mol. The lowest BCUT2D eigenvalue weighted by Gasteiger charge is -2.14. The molecule has 29 heavy (non-hydrogen) atoms. The van der Waals surface area contributed by atoms with Gasteiger partial charge in [0.1, 0.15) is 5.82 Å². The van der Waals surface area contributed by atoms with Gasteiger partial charge in [-0.2, -0.15) is 0 Å². The largest absolute Gasteiger partial charge is 0.341 e. The molecular weight excluding hydrogens is 386 g/mol. The normalized spacial score (nSPS) is 10.8. The Hall–Kier alpha value is -3.58. The molecule has 0 fully saturated rings. The third kappa shape index (κ3) is 4.00. The molecule has 0 spiro atoms. The maximum absolute atomic E-state index is 12.6. The first kappa shape index (κ1) is 18.8. The second-order valence-corrected chi connectivity index (χ2v) is 7.63. The molecule has 6 nitrogen and oxygen atoms in total. The van der Waals surface area contributed by atoms with Crippen molar-refractivity contribution >= 4 is 39.7 Å². The number of non-ortho nitro benzene ring substituents is 1. The van der Waals surface area contributed by atoms with E-state index < -0.39 is 4.92 Å². The third-order valence-corrected chi connectivity index (χ3v) is 5.61. The first-order valence-corrected chi connectivity index (χ1v) is 9.74. The van der Waals surface area contributed by atoms with Crippen LogP contribution in [0.2, 0.25) is 0 Å². The van der Waals surface area contributed by atoms with Gasteiger partial charge in [0, 0.05) is 33.5 Å². The number of fused-ring (bicyclic) bond motifs is 1. The van der Waals surface area contributed by atoms with Gasteiger partial charge in [-0.25, -0.2) is 0 Å². The number of hydrogen-bond acceptors (Lipinski definition) is 5. The molecule has 0 atom stereocenters. The summed E-state index contributed by atoms with van der Waals surface area (Å²) in [6.07, 6.45) is 0. The summed E-state index contributed by atoms with van der Waals surface area (Å²) in [5.74, 6) is 0.584. The zero-order valence-electron chi connectivity index (χ0n) is 15.5. The van der Waals surface area contributed by atoms with Gasteiger partial charge in [0.05, 0.1) is 9.82 Å². The Morgan fingerprint density at radius 2 is 1.59 bits per heavy atom. The number of hydrogen-bond donors (Lipinski definition) is 2. The maximum atomic E-state index is 12.6. The van der Waals surface area contributed by atoms with Crippen LogP contribution in [0.1, 0.15) is 5.56 Å². The van der Waals surface area contributed by atoms with Crippen LogP contribution in [-0.4, -0.2) is 9.91 Å². The minimum Gasteiger partial charge on any atom is -0.341 e. The molecule has 0 aliphatic rings. The van der Waals surface area contributed by atoms with Crippen molar-refractivity contribution in [3.8, 4) is 0 Å². The van der Waals surface area contributed by atoms with E-state index in [1.54, 1.807) is 18.2 Å². The van der Waals surface area contributed by atoms with Gasteiger partial charge in [-0.1, -0.05) is 47.7 Å². The van der Waals surface area contributed by atoms with Crippen molar-refractivity contribution in [3.63, 3.8) is 0 Å². The molecule has 0 aliphatic carbocycles. The van der Waals surface area contributed by atoms with Crippen LogP contribution in [0.4, 0.5) is 17.2 Å². The number of nitrogens with zero attached hydrogens (tertiary/aromatic N) is 1. The van der Waals surface area contributed by atoms with E-state index in [-0.39, 0.29) is 11.2 Å². The van der Waals surface area contributed by atoms with Crippen LogP contribution >= 0.6 is 11.8 Å². The Morgan fingerprint density at radius 3 is 2.24 bits per heavy atom. The van der Waals surface area contributed by atoms with Gasteiger partial charge in [0.25, 0.3) is 11.2 Å². The lowest BCUT2D eigenvalue weighted by molar-refractivity contribution is -0.384. The number of nitrogens with one attached hydrogen (secondary N) is 2. The van der Waals surface area contributed by atoms with Crippen molar-refractivity contribution in [2.75, 3.05) is 5.32 Å².